The predicted octanol–water partition coefficient (Wildman–Crippen LogP) is 2.32. The van der Waals surface area contributed by atoms with Crippen molar-refractivity contribution in [3.05, 3.63) is 33.8 Å². The minimum absolute atomic E-state index is 0.122. The summed E-state index contributed by atoms with van der Waals surface area (Å²) < 4.78 is 5.05. The molecule has 1 atom stereocenters. The lowest BCUT2D eigenvalue weighted by Crippen LogP contribution is -2.33. The van der Waals surface area contributed by atoms with E-state index in [1.165, 1.54) is 0 Å². The minimum atomic E-state index is -0.176. The van der Waals surface area contributed by atoms with Gasteiger partial charge < -0.3 is 15.6 Å². The monoisotopic (exact) mass is 320 g/mol. The van der Waals surface area contributed by atoms with Crippen LogP contribution in [-0.4, -0.2) is 50.0 Å². The molecule has 0 aliphatic rings. The van der Waals surface area contributed by atoms with E-state index in [9.17, 15) is 0 Å². The molecule has 0 aromatic heterocycles. The molecule has 0 saturated carbocycles. The number of methoxy groups -OCH3 is 1. The molecule has 114 valence electrons. The largest absolute Gasteiger partial charge is 0.395 e. The SMILES string of the molecule is COCCN(CCO)CCC(N)c1cccc(Cl)c1Cl. The summed E-state index contributed by atoms with van der Waals surface area (Å²) in [5.74, 6) is 0. The van der Waals surface area contributed by atoms with Gasteiger partial charge in [-0.05, 0) is 18.1 Å². The molecule has 0 amide bonds. The fraction of sp³-hybridized carbons (Fsp3) is 0.571. The average Bonchev–Trinajstić information content (AvgIpc) is 2.44. The highest BCUT2D eigenvalue weighted by molar-refractivity contribution is 6.42. The Balaban J connectivity index is 2.55. The van der Waals surface area contributed by atoms with Crippen molar-refractivity contribution in [3.63, 3.8) is 0 Å². The summed E-state index contributed by atoms with van der Waals surface area (Å²) in [4.78, 5) is 2.11. The van der Waals surface area contributed by atoms with Crippen molar-refractivity contribution in [1.29, 1.82) is 0 Å². The van der Waals surface area contributed by atoms with Crippen molar-refractivity contribution >= 4 is 23.2 Å². The number of ether oxygens (including phenoxy) is 1. The molecule has 1 aromatic rings. The first-order valence-electron chi connectivity index (χ1n) is 6.61. The van der Waals surface area contributed by atoms with Crippen molar-refractivity contribution in [2.75, 3.05) is 40.0 Å². The van der Waals surface area contributed by atoms with Gasteiger partial charge in [0, 0.05) is 32.8 Å². The third-order valence-electron chi connectivity index (χ3n) is 3.17. The summed E-state index contributed by atoms with van der Waals surface area (Å²) in [5.41, 5.74) is 7.03. The summed E-state index contributed by atoms with van der Waals surface area (Å²) in [5, 5.41) is 10.1. The molecule has 3 N–H and O–H groups in total. The van der Waals surface area contributed by atoms with Crippen LogP contribution >= 0.6 is 23.2 Å². The average molecular weight is 321 g/mol. The Labute approximate surface area is 130 Å². The second kappa shape index (κ2) is 9.55. The smallest absolute Gasteiger partial charge is 0.0640 e. The van der Waals surface area contributed by atoms with E-state index in [4.69, 9.17) is 38.8 Å². The number of halogens is 2. The first-order valence-corrected chi connectivity index (χ1v) is 7.37. The summed E-state index contributed by atoms with van der Waals surface area (Å²) >= 11 is 12.2. The molecule has 0 spiro atoms. The van der Waals surface area contributed by atoms with E-state index in [-0.39, 0.29) is 12.6 Å². The number of nitrogens with zero attached hydrogens (tertiary/aromatic N) is 1. The van der Waals surface area contributed by atoms with Crippen LogP contribution in [0.5, 0.6) is 0 Å². The van der Waals surface area contributed by atoms with E-state index in [2.05, 4.69) is 4.90 Å². The zero-order chi connectivity index (χ0) is 15.0. The third-order valence-corrected chi connectivity index (χ3v) is 4.00. The third kappa shape index (κ3) is 5.56. The van der Waals surface area contributed by atoms with E-state index in [1.807, 2.05) is 12.1 Å². The van der Waals surface area contributed by atoms with Crippen LogP contribution in [0.15, 0.2) is 18.2 Å². The van der Waals surface area contributed by atoms with Crippen LogP contribution < -0.4 is 5.73 Å². The van der Waals surface area contributed by atoms with Gasteiger partial charge in [-0.15, -0.1) is 0 Å². The van der Waals surface area contributed by atoms with E-state index in [0.29, 0.717) is 23.2 Å². The zero-order valence-corrected chi connectivity index (χ0v) is 13.2. The highest BCUT2D eigenvalue weighted by atomic mass is 35.5. The Morgan fingerprint density at radius 3 is 2.70 bits per heavy atom. The van der Waals surface area contributed by atoms with Crippen LogP contribution in [0.25, 0.3) is 0 Å². The first-order chi connectivity index (χ1) is 9.60. The maximum Gasteiger partial charge on any atom is 0.0640 e. The molecule has 6 heteroatoms. The molecule has 0 radical (unpaired) electrons. The molecular weight excluding hydrogens is 299 g/mol. The van der Waals surface area contributed by atoms with Crippen LogP contribution in [0.2, 0.25) is 10.0 Å². The van der Waals surface area contributed by atoms with Gasteiger partial charge in [-0.25, -0.2) is 0 Å². The fourth-order valence-electron chi connectivity index (χ4n) is 1.98. The second-order valence-electron chi connectivity index (χ2n) is 4.60. The van der Waals surface area contributed by atoms with Gasteiger partial charge in [0.2, 0.25) is 0 Å². The van der Waals surface area contributed by atoms with Crippen LogP contribution in [0.1, 0.15) is 18.0 Å². The van der Waals surface area contributed by atoms with Gasteiger partial charge in [0.25, 0.3) is 0 Å². The minimum Gasteiger partial charge on any atom is -0.395 e. The van der Waals surface area contributed by atoms with Gasteiger partial charge in [-0.2, -0.15) is 0 Å². The van der Waals surface area contributed by atoms with E-state index >= 15 is 0 Å². The Morgan fingerprint density at radius 1 is 1.30 bits per heavy atom. The van der Waals surface area contributed by atoms with Gasteiger partial charge in [-0.1, -0.05) is 35.3 Å². The number of aliphatic hydroxyl groups is 1. The number of aliphatic hydroxyl groups excluding tert-OH is 1. The Bertz CT molecular complexity index is 405. The first kappa shape index (κ1) is 17.7. The van der Waals surface area contributed by atoms with Crippen LogP contribution in [0.3, 0.4) is 0 Å². The Hall–Kier alpha value is -0.360. The molecule has 1 unspecified atom stereocenters. The fourth-order valence-corrected chi connectivity index (χ4v) is 2.43. The van der Waals surface area contributed by atoms with Crippen LogP contribution in [0, 0.1) is 0 Å². The Morgan fingerprint density at radius 2 is 2.05 bits per heavy atom. The maximum absolute atomic E-state index is 9.05. The molecule has 0 heterocycles. The van der Waals surface area contributed by atoms with Gasteiger partial charge >= 0.3 is 0 Å². The van der Waals surface area contributed by atoms with Gasteiger partial charge in [-0.3, -0.25) is 4.90 Å². The number of hydrogen-bond acceptors (Lipinski definition) is 4. The molecule has 0 fully saturated rings. The highest BCUT2D eigenvalue weighted by Crippen LogP contribution is 2.30. The van der Waals surface area contributed by atoms with Gasteiger partial charge in [0.1, 0.15) is 0 Å². The number of hydrogen-bond donors (Lipinski definition) is 2. The van der Waals surface area contributed by atoms with Crippen LogP contribution in [0.4, 0.5) is 0 Å². The number of rotatable bonds is 9. The van der Waals surface area contributed by atoms with Crippen molar-refractivity contribution in [3.8, 4) is 0 Å². The standard InChI is InChI=1S/C14H22Cl2N2O2/c1-20-10-8-18(7-9-19)6-5-13(17)11-3-2-4-12(15)14(11)16/h2-4,13,19H,5-10,17H2,1H3. The van der Waals surface area contributed by atoms with E-state index in [0.717, 1.165) is 25.1 Å². The van der Waals surface area contributed by atoms with Crippen molar-refractivity contribution < 1.29 is 9.84 Å². The molecule has 4 nitrogen and oxygen atoms in total. The van der Waals surface area contributed by atoms with E-state index in [1.54, 1.807) is 13.2 Å². The predicted molar refractivity (Wildman–Crippen MR) is 83.4 cm³/mol. The normalized spacial score (nSPS) is 12.9. The number of benzene rings is 1. The van der Waals surface area contributed by atoms with Crippen molar-refractivity contribution in [2.24, 2.45) is 5.73 Å². The summed E-state index contributed by atoms with van der Waals surface area (Å²) in [6.45, 7) is 2.91. The Kier molecular flexibility index (Phi) is 8.45. The number of nitrogens with two attached hydrogens (primary N) is 1. The summed E-state index contributed by atoms with van der Waals surface area (Å²) in [7, 11) is 1.66. The van der Waals surface area contributed by atoms with Crippen molar-refractivity contribution in [2.45, 2.75) is 12.5 Å². The molecule has 0 aliphatic heterocycles. The van der Waals surface area contributed by atoms with Crippen molar-refractivity contribution in [1.82, 2.24) is 4.90 Å². The topological polar surface area (TPSA) is 58.7 Å². The van der Waals surface area contributed by atoms with E-state index < -0.39 is 0 Å². The van der Waals surface area contributed by atoms with Crippen LogP contribution in [-0.2, 0) is 4.74 Å². The lowest BCUT2D eigenvalue weighted by atomic mass is 10.0. The molecule has 20 heavy (non-hydrogen) atoms. The molecule has 1 aromatic carbocycles. The quantitative estimate of drug-likeness (QED) is 0.733. The zero-order valence-electron chi connectivity index (χ0n) is 11.7. The maximum atomic E-state index is 9.05. The highest BCUT2D eigenvalue weighted by Gasteiger charge is 2.14. The molecule has 0 saturated heterocycles. The lowest BCUT2D eigenvalue weighted by Gasteiger charge is -2.23. The summed E-state index contributed by atoms with van der Waals surface area (Å²) in [6, 6.07) is 5.31. The molecule has 0 aliphatic carbocycles. The van der Waals surface area contributed by atoms with Gasteiger partial charge in [0.05, 0.1) is 23.3 Å². The van der Waals surface area contributed by atoms with Gasteiger partial charge in [0.15, 0.2) is 0 Å². The molecular formula is C14H22Cl2N2O2. The second-order valence-corrected chi connectivity index (χ2v) is 5.38. The molecule has 1 rings (SSSR count). The molecule has 0 bridgehead atoms. The lowest BCUT2D eigenvalue weighted by molar-refractivity contribution is 0.128. The summed E-state index contributed by atoms with van der Waals surface area (Å²) in [6.07, 6.45) is 0.740.